The monoisotopic (exact) mass is 763 g/mol. The van der Waals surface area contributed by atoms with Crippen LogP contribution in [-0.4, -0.2) is 51.4 Å². The first-order valence-corrected chi connectivity index (χ1v) is 19.8. The predicted molar refractivity (Wildman–Crippen MR) is 208 cm³/mol. The number of anilines is 5. The molecule has 280 valence electrons. The molecule has 0 aliphatic carbocycles. The van der Waals surface area contributed by atoms with Gasteiger partial charge in [0.1, 0.15) is 28.4 Å². The molecule has 5 rings (SSSR count). The number of carbonyl (C=O) groups excluding carboxylic acids is 1. The van der Waals surface area contributed by atoms with E-state index in [9.17, 15) is 22.7 Å². The molecule has 1 atom stereocenters. The van der Waals surface area contributed by atoms with Crippen LogP contribution in [0.25, 0.3) is 10.8 Å². The molecule has 1 heterocycles. The third kappa shape index (κ3) is 9.56. The van der Waals surface area contributed by atoms with Crippen LogP contribution in [0.5, 0.6) is 23.0 Å². The molecule has 0 bridgehead atoms. The van der Waals surface area contributed by atoms with E-state index in [2.05, 4.69) is 25.7 Å². The lowest BCUT2D eigenvalue weighted by Gasteiger charge is -2.24. The molecule has 0 fully saturated rings. The highest BCUT2D eigenvalue weighted by Crippen LogP contribution is 2.44. The van der Waals surface area contributed by atoms with Gasteiger partial charge < -0.3 is 39.6 Å². The van der Waals surface area contributed by atoms with Gasteiger partial charge in [0.05, 0.1) is 44.1 Å². The van der Waals surface area contributed by atoms with Gasteiger partial charge in [-0.05, 0) is 60.4 Å². The maximum absolute atomic E-state index is 13.4. The van der Waals surface area contributed by atoms with E-state index in [-0.39, 0.29) is 40.2 Å². The summed E-state index contributed by atoms with van der Waals surface area (Å²) in [7, 11) is -4.91. The highest BCUT2D eigenvalue weighted by molar-refractivity contribution is 7.92. The van der Waals surface area contributed by atoms with E-state index in [4.69, 9.17) is 18.7 Å². The normalized spacial score (nSPS) is 12.8. The van der Waals surface area contributed by atoms with Gasteiger partial charge in [-0.3, -0.25) is 9.29 Å². The van der Waals surface area contributed by atoms with Gasteiger partial charge in [0.15, 0.2) is 5.75 Å². The van der Waals surface area contributed by atoms with Crippen LogP contribution in [-0.2, 0) is 24.5 Å². The van der Waals surface area contributed by atoms with Crippen molar-refractivity contribution in [1.82, 2.24) is 4.98 Å². The quantitative estimate of drug-likeness (QED) is 0.0733. The number of aromatic nitrogens is 1. The topological polar surface area (TPSA) is 186 Å². The Bertz CT molecular complexity index is 2310. The number of methoxy groups -OCH3 is 2. The Labute approximate surface area is 308 Å². The van der Waals surface area contributed by atoms with Crippen LogP contribution < -0.4 is 40.2 Å². The van der Waals surface area contributed by atoms with Gasteiger partial charge in [-0.15, -0.1) is 0 Å². The molecule has 0 aliphatic rings. The van der Waals surface area contributed by atoms with Crippen LogP contribution in [0.3, 0.4) is 0 Å². The maximum Gasteiger partial charge on any atom is 0.362 e. The number of amides is 2. The number of rotatable bonds is 13. The summed E-state index contributed by atoms with van der Waals surface area (Å²) < 4.78 is 61.6. The van der Waals surface area contributed by atoms with Gasteiger partial charge in [0.2, 0.25) is 10.0 Å². The van der Waals surface area contributed by atoms with Gasteiger partial charge in [-0.2, -0.15) is 0 Å². The minimum Gasteiger partial charge on any atom is -0.496 e. The predicted octanol–water partition coefficient (Wildman–Crippen LogP) is 7.95. The van der Waals surface area contributed by atoms with E-state index in [0.717, 1.165) is 11.8 Å². The van der Waals surface area contributed by atoms with E-state index in [0.29, 0.717) is 39.5 Å². The molecule has 5 aromatic rings. The summed E-state index contributed by atoms with van der Waals surface area (Å²) in [6.07, 6.45) is 2.61. The molecule has 2 amide bonds. The third-order valence-corrected chi connectivity index (χ3v) is 10.0. The van der Waals surface area contributed by atoms with Crippen molar-refractivity contribution in [3.63, 3.8) is 0 Å². The van der Waals surface area contributed by atoms with Crippen LogP contribution in [0.1, 0.15) is 33.3 Å². The summed E-state index contributed by atoms with van der Waals surface area (Å²) in [4.78, 5) is 28.1. The number of nitrogens with one attached hydrogen (secondary N) is 4. The summed E-state index contributed by atoms with van der Waals surface area (Å²) in [5.74, 6) is 1.76. The second-order valence-electron chi connectivity index (χ2n) is 12.9. The number of urea groups is 1. The molecular formula is C37H42N5O9PS. The molecule has 53 heavy (non-hydrogen) atoms. The van der Waals surface area contributed by atoms with E-state index < -0.39 is 23.7 Å². The fraction of sp³-hybridized carbons (Fsp3) is 0.243. The van der Waals surface area contributed by atoms with Crippen LogP contribution in [0, 0.1) is 0 Å². The Balaban J connectivity index is 1.38. The molecule has 0 saturated carbocycles. The number of hydrogen-bond donors (Lipinski definition) is 5. The zero-order chi connectivity index (χ0) is 38.6. The van der Waals surface area contributed by atoms with Crippen molar-refractivity contribution in [2.24, 2.45) is 0 Å². The van der Waals surface area contributed by atoms with E-state index in [1.165, 1.54) is 20.3 Å². The van der Waals surface area contributed by atoms with Crippen molar-refractivity contribution in [3.8, 4) is 23.0 Å². The van der Waals surface area contributed by atoms with Crippen LogP contribution in [0.4, 0.5) is 33.4 Å². The average molecular weight is 764 g/mol. The van der Waals surface area contributed by atoms with Gasteiger partial charge >= 0.3 is 13.6 Å². The summed E-state index contributed by atoms with van der Waals surface area (Å²) in [6, 6.07) is 21.8. The minimum absolute atomic E-state index is 0.0465. The lowest BCUT2D eigenvalue weighted by atomic mass is 9.86. The SMILES string of the molecule is CCOP(=O)(O)c1ccc(Nc2cc(Oc3ccc(NC(=O)Nc4cc(C(C)(C)C)cc(NS(C)(=O)=O)c4OC)c4ccccc34)ccn2)cc1OC. The van der Waals surface area contributed by atoms with Gasteiger partial charge in [-0.1, -0.05) is 45.0 Å². The zero-order valence-corrected chi connectivity index (χ0v) is 32.0. The molecule has 0 radical (unpaired) electrons. The third-order valence-electron chi connectivity index (χ3n) is 7.85. The maximum atomic E-state index is 13.4. The molecule has 0 saturated heterocycles. The van der Waals surface area contributed by atoms with E-state index in [1.54, 1.807) is 61.7 Å². The first kappa shape index (κ1) is 38.9. The summed E-state index contributed by atoms with van der Waals surface area (Å²) in [6.45, 7) is 7.61. The molecular weight excluding hydrogens is 721 g/mol. The van der Waals surface area contributed by atoms with Crippen LogP contribution in [0.2, 0.25) is 0 Å². The number of pyridine rings is 1. The highest BCUT2D eigenvalue weighted by atomic mass is 32.2. The smallest absolute Gasteiger partial charge is 0.362 e. The Morgan fingerprint density at radius 3 is 2.23 bits per heavy atom. The van der Waals surface area contributed by atoms with Crippen LogP contribution in [0.15, 0.2) is 85.1 Å². The molecule has 5 N–H and O–H groups in total. The minimum atomic E-state index is -4.06. The van der Waals surface area contributed by atoms with Crippen molar-refractivity contribution in [2.75, 3.05) is 47.8 Å². The second-order valence-corrected chi connectivity index (χ2v) is 16.4. The molecule has 1 unspecified atom stereocenters. The number of fused-ring (bicyclic) bond motifs is 1. The Morgan fingerprint density at radius 1 is 0.868 bits per heavy atom. The van der Waals surface area contributed by atoms with E-state index >= 15 is 0 Å². The first-order chi connectivity index (χ1) is 25.0. The van der Waals surface area contributed by atoms with Crippen molar-refractivity contribution < 1.29 is 41.4 Å². The molecule has 0 spiro atoms. The number of hydrogen-bond acceptors (Lipinski definition) is 10. The van der Waals surface area contributed by atoms with Crippen molar-refractivity contribution >= 4 is 68.3 Å². The number of nitrogens with zero attached hydrogens (tertiary/aromatic N) is 1. The fourth-order valence-electron chi connectivity index (χ4n) is 5.45. The molecule has 4 aromatic carbocycles. The fourth-order valence-corrected chi connectivity index (χ4v) is 7.18. The highest BCUT2D eigenvalue weighted by Gasteiger charge is 2.27. The molecule has 14 nitrogen and oxygen atoms in total. The number of sulfonamides is 1. The van der Waals surface area contributed by atoms with Crippen molar-refractivity contribution in [2.45, 2.75) is 33.1 Å². The van der Waals surface area contributed by atoms with Gasteiger partial charge in [0.25, 0.3) is 0 Å². The van der Waals surface area contributed by atoms with Gasteiger partial charge in [0, 0.05) is 34.8 Å². The number of benzene rings is 4. The molecule has 16 heteroatoms. The first-order valence-electron chi connectivity index (χ1n) is 16.4. The van der Waals surface area contributed by atoms with E-state index in [1.807, 2.05) is 45.0 Å². The number of carbonyl (C=O) groups is 1. The largest absolute Gasteiger partial charge is 0.496 e. The van der Waals surface area contributed by atoms with Gasteiger partial charge in [-0.25, -0.2) is 18.2 Å². The van der Waals surface area contributed by atoms with Crippen molar-refractivity contribution in [3.05, 3.63) is 90.6 Å². The Kier molecular flexibility index (Phi) is 11.5. The Morgan fingerprint density at radius 2 is 1.57 bits per heavy atom. The Hall–Kier alpha value is -5.34. The lowest BCUT2D eigenvalue weighted by molar-refractivity contribution is 0.262. The lowest BCUT2D eigenvalue weighted by Crippen LogP contribution is -2.22. The number of ether oxygens (including phenoxy) is 3. The van der Waals surface area contributed by atoms with Crippen LogP contribution >= 0.6 is 7.60 Å². The molecule has 0 aliphatic heterocycles. The summed E-state index contributed by atoms with van der Waals surface area (Å²) >= 11 is 0. The summed E-state index contributed by atoms with van der Waals surface area (Å²) in [5, 5.41) is 10.3. The second kappa shape index (κ2) is 15.7. The average Bonchev–Trinajstić information content (AvgIpc) is 3.08. The zero-order valence-electron chi connectivity index (χ0n) is 30.3. The molecule has 1 aromatic heterocycles. The van der Waals surface area contributed by atoms with Crippen molar-refractivity contribution in [1.29, 1.82) is 0 Å². The summed E-state index contributed by atoms with van der Waals surface area (Å²) in [5.41, 5.74) is 1.93. The standard InChI is InChI=1S/C37H42N5O9PS/c1-8-50-52(44,45)33-16-13-24(21-32(33)48-5)39-34-22-25(17-18-38-34)51-31-15-14-28(26-11-9-10-12-27(26)31)40-36(43)41-29-19-23(37(2,3)4)20-30(35(29)49-6)42-53(7,46)47/h9-22,42H,8H2,1-7H3,(H,38,39)(H,44,45)(H2,40,41,43).